The van der Waals surface area contributed by atoms with E-state index in [0.29, 0.717) is 0 Å². The van der Waals surface area contributed by atoms with Gasteiger partial charge in [-0.2, -0.15) is 13.2 Å². The molecule has 0 amide bonds. The lowest BCUT2D eigenvalue weighted by atomic mass is 10.3. The summed E-state index contributed by atoms with van der Waals surface area (Å²) >= 11 is 0. The van der Waals surface area contributed by atoms with Crippen molar-refractivity contribution in [2.45, 2.75) is 6.18 Å². The van der Waals surface area contributed by atoms with E-state index in [0.717, 1.165) is 6.08 Å². The molecule has 7 heteroatoms. The summed E-state index contributed by atoms with van der Waals surface area (Å²) in [5, 5.41) is 12.2. The molecule has 0 aromatic heterocycles. The van der Waals surface area contributed by atoms with E-state index in [-0.39, 0.29) is 12.3 Å². The quantitative estimate of drug-likeness (QED) is 0.421. The number of nitrogens with two attached hydrogens (primary N) is 2. The van der Waals surface area contributed by atoms with Gasteiger partial charge in [-0.1, -0.05) is 0 Å². The molecule has 4 nitrogen and oxygen atoms in total. The highest BCUT2D eigenvalue weighted by atomic mass is 19.4. The Bertz CT molecular complexity index is 247. The Hall–Kier alpha value is -1.37. The number of ether oxygens (including phenoxy) is 1. The van der Waals surface area contributed by atoms with Crippen molar-refractivity contribution in [3.8, 4) is 0 Å². The Balaban J connectivity index is 3.88. The van der Waals surface area contributed by atoms with Gasteiger partial charge in [-0.3, -0.25) is 10.8 Å². The molecule has 0 radical (unpaired) electrons. The van der Waals surface area contributed by atoms with E-state index in [4.69, 9.17) is 16.6 Å². The fourth-order valence-electron chi connectivity index (χ4n) is 0.458. The third-order valence-corrected chi connectivity index (χ3v) is 1.08. The van der Waals surface area contributed by atoms with Crippen molar-refractivity contribution in [1.29, 1.82) is 5.41 Å². The number of halogens is 3. The highest BCUT2D eigenvalue weighted by Gasteiger charge is 2.28. The van der Waals surface area contributed by atoms with Crippen LogP contribution in [0, 0.1) is 5.41 Å². The van der Waals surface area contributed by atoms with Crippen LogP contribution in [0.25, 0.3) is 0 Å². The molecule has 0 atom stereocenters. The zero-order valence-corrected chi connectivity index (χ0v) is 7.27. The summed E-state index contributed by atoms with van der Waals surface area (Å²) in [7, 11) is 0. The predicted octanol–water partition coefficient (Wildman–Crippen LogP) is -0.742. The molecule has 14 heavy (non-hydrogen) atoms. The summed E-state index contributed by atoms with van der Waals surface area (Å²) in [6.07, 6.45) is -2.21. The van der Waals surface area contributed by atoms with E-state index in [2.05, 4.69) is 4.74 Å². The maximum Gasteiger partial charge on any atom is 0.422 e. The molecule has 0 aromatic carbocycles. The first-order valence-electron chi connectivity index (χ1n) is 3.62. The van der Waals surface area contributed by atoms with Crippen LogP contribution < -0.4 is 11.1 Å². The van der Waals surface area contributed by atoms with Gasteiger partial charge in [0.05, 0.1) is 6.54 Å². The van der Waals surface area contributed by atoms with E-state index in [9.17, 15) is 13.2 Å². The van der Waals surface area contributed by atoms with Gasteiger partial charge in [0.2, 0.25) is 5.90 Å². The summed E-state index contributed by atoms with van der Waals surface area (Å²) in [6.45, 7) is -1.41. The zero-order valence-electron chi connectivity index (χ0n) is 7.27. The standard InChI is InChI=1S/C7H10F3N3O/c8-7(9,10)4-14-6(13)2-1-5(12)3-11/h1-2,12-13H,3-4,11H2/p+1/b2-1-,12-5?,13-6?. The average Bonchev–Trinajstić information content (AvgIpc) is 2.09. The second-order valence-corrected chi connectivity index (χ2v) is 2.38. The van der Waals surface area contributed by atoms with Gasteiger partial charge in [0.1, 0.15) is 0 Å². The van der Waals surface area contributed by atoms with Crippen LogP contribution in [-0.4, -0.2) is 30.9 Å². The Morgan fingerprint density at radius 2 is 2.00 bits per heavy atom. The van der Waals surface area contributed by atoms with Crippen molar-refractivity contribution in [3.63, 3.8) is 0 Å². The molecule has 0 aromatic rings. The van der Waals surface area contributed by atoms with E-state index in [1.807, 2.05) is 0 Å². The first-order chi connectivity index (χ1) is 6.35. The predicted molar refractivity (Wildman–Crippen MR) is 44.9 cm³/mol. The fourth-order valence-corrected chi connectivity index (χ4v) is 0.458. The Kier molecular flexibility index (Phi) is 4.85. The molecule has 0 saturated carbocycles. The number of hydrogen-bond donors (Lipinski definition) is 3. The zero-order chi connectivity index (χ0) is 11.2. The maximum absolute atomic E-state index is 11.6. The van der Waals surface area contributed by atoms with Gasteiger partial charge in [-0.05, 0) is 0 Å². The fraction of sp³-hybridized carbons (Fsp3) is 0.429. The summed E-state index contributed by atoms with van der Waals surface area (Å²) in [5.74, 6) is -0.612. The van der Waals surface area contributed by atoms with Crippen LogP contribution >= 0.6 is 0 Å². The van der Waals surface area contributed by atoms with Crippen molar-refractivity contribution in [2.24, 2.45) is 5.73 Å². The minimum atomic E-state index is -4.44. The molecule has 5 N–H and O–H groups in total. The first kappa shape index (κ1) is 12.6. The smallest absolute Gasteiger partial charge is 0.422 e. The lowest BCUT2D eigenvalue weighted by Gasteiger charge is -2.06. The first-order valence-corrected chi connectivity index (χ1v) is 3.62. The molecule has 0 bridgehead atoms. The van der Waals surface area contributed by atoms with Gasteiger partial charge in [0.15, 0.2) is 12.3 Å². The Morgan fingerprint density at radius 1 is 1.43 bits per heavy atom. The number of hydrogen-bond acceptors (Lipinski definition) is 3. The van der Waals surface area contributed by atoms with Gasteiger partial charge in [-0.25, -0.2) is 0 Å². The third-order valence-electron chi connectivity index (χ3n) is 1.08. The Labute approximate surface area is 78.6 Å². The van der Waals surface area contributed by atoms with Crippen LogP contribution in [0.4, 0.5) is 13.2 Å². The highest BCUT2D eigenvalue weighted by molar-refractivity contribution is 5.97. The highest BCUT2D eigenvalue weighted by Crippen LogP contribution is 2.14. The normalized spacial score (nSPS) is 11.7. The van der Waals surface area contributed by atoms with Crippen LogP contribution in [0.15, 0.2) is 12.2 Å². The van der Waals surface area contributed by atoms with Gasteiger partial charge < -0.3 is 10.5 Å². The van der Waals surface area contributed by atoms with E-state index >= 15 is 0 Å². The minimum Gasteiger partial charge on any atom is -0.468 e. The van der Waals surface area contributed by atoms with Crippen molar-refractivity contribution < 1.29 is 23.3 Å². The van der Waals surface area contributed by atoms with Crippen LogP contribution in [0.1, 0.15) is 0 Å². The van der Waals surface area contributed by atoms with Gasteiger partial charge >= 0.3 is 6.18 Å². The molecule has 0 unspecified atom stereocenters. The van der Waals surface area contributed by atoms with Gasteiger partial charge in [0, 0.05) is 12.2 Å². The molecule has 0 saturated heterocycles. The van der Waals surface area contributed by atoms with Crippen molar-refractivity contribution in [2.75, 3.05) is 13.2 Å². The summed E-state index contributed by atoms with van der Waals surface area (Å²) in [4.78, 5) is 0. The molecule has 0 aliphatic carbocycles. The topological polar surface area (TPSA) is 84.7 Å². The molecule has 0 rings (SSSR count). The minimum absolute atomic E-state index is 0.0725. The molecule has 80 valence electrons. The molecule has 0 heterocycles. The average molecular weight is 210 g/mol. The molecule has 0 fully saturated rings. The summed E-state index contributed by atoms with van der Waals surface area (Å²) in [5.41, 5.74) is 5.35. The van der Waals surface area contributed by atoms with Gasteiger partial charge in [0.25, 0.3) is 0 Å². The van der Waals surface area contributed by atoms with Crippen LogP contribution in [-0.2, 0) is 4.74 Å². The molecule has 0 aliphatic rings. The Morgan fingerprint density at radius 3 is 2.43 bits per heavy atom. The maximum atomic E-state index is 11.6. The third kappa shape index (κ3) is 7.29. The summed E-state index contributed by atoms with van der Waals surface area (Å²) < 4.78 is 38.8. The lowest BCUT2D eigenvalue weighted by molar-refractivity contribution is -0.156. The SMILES string of the molecule is N=C(/C=C\C(=[NH2+])CN)OCC(F)(F)F. The van der Waals surface area contributed by atoms with Crippen molar-refractivity contribution in [1.82, 2.24) is 0 Å². The van der Waals surface area contributed by atoms with Crippen LogP contribution in [0.3, 0.4) is 0 Å². The second kappa shape index (κ2) is 5.38. The monoisotopic (exact) mass is 210 g/mol. The molecular formula is C7H11F3N3O+. The second-order valence-electron chi connectivity index (χ2n) is 2.38. The van der Waals surface area contributed by atoms with Crippen LogP contribution in [0.2, 0.25) is 0 Å². The number of rotatable bonds is 4. The molecule has 0 aliphatic heterocycles. The van der Waals surface area contributed by atoms with E-state index < -0.39 is 18.7 Å². The van der Waals surface area contributed by atoms with E-state index in [1.165, 1.54) is 6.08 Å². The summed E-state index contributed by atoms with van der Waals surface area (Å²) in [6, 6.07) is 0. The van der Waals surface area contributed by atoms with E-state index in [1.54, 1.807) is 0 Å². The molecular weight excluding hydrogens is 199 g/mol. The van der Waals surface area contributed by atoms with Crippen molar-refractivity contribution >= 4 is 11.6 Å². The van der Waals surface area contributed by atoms with Gasteiger partial charge in [-0.15, -0.1) is 0 Å². The van der Waals surface area contributed by atoms with Crippen LogP contribution in [0.5, 0.6) is 0 Å². The number of alkyl halides is 3. The molecule has 0 spiro atoms. The lowest BCUT2D eigenvalue weighted by Crippen LogP contribution is -2.42. The number of nitrogens with one attached hydrogen (secondary N) is 1. The van der Waals surface area contributed by atoms with Crippen molar-refractivity contribution in [3.05, 3.63) is 12.2 Å². The largest absolute Gasteiger partial charge is 0.468 e.